The fourth-order valence-corrected chi connectivity index (χ4v) is 7.90. The number of carbonyl (C=O) groups excluding carboxylic acids is 6. The van der Waals surface area contributed by atoms with E-state index in [9.17, 15) is 28.8 Å². The Balaban J connectivity index is 4.94. The predicted octanol–water partition coefficient (Wildman–Crippen LogP) is -2.03. The Labute approximate surface area is 378 Å². The SMILES string of the molecule is NCCCC[C@H](N)C(=O)NCCCC[C@H](NC(=O)[C@@H](N)CCCCN)C(=O)NCCSSCCNC(=O)[C@H](CCCCNC(=O)[C@@H](N)CCCCN)NC(=O)[C@@H](N)CCCCN. The molecule has 0 saturated heterocycles. The smallest absolute Gasteiger partial charge is 0.242 e. The lowest BCUT2D eigenvalue weighted by Crippen LogP contribution is -2.52. The number of unbranched alkanes of at least 4 members (excludes halogenated alkanes) is 6. The van der Waals surface area contributed by atoms with Crippen molar-refractivity contribution in [2.24, 2.45) is 45.9 Å². The summed E-state index contributed by atoms with van der Waals surface area (Å²) in [5, 5.41) is 17.1. The Hall–Kier alpha value is -2.80. The molecule has 20 nitrogen and oxygen atoms in total. The van der Waals surface area contributed by atoms with Gasteiger partial charge in [0, 0.05) is 37.7 Å². The van der Waals surface area contributed by atoms with E-state index in [1.54, 1.807) is 0 Å². The first kappa shape index (κ1) is 59.2. The maximum absolute atomic E-state index is 13.2. The van der Waals surface area contributed by atoms with E-state index in [1.165, 1.54) is 21.6 Å². The molecule has 22 heteroatoms. The van der Waals surface area contributed by atoms with Crippen LogP contribution in [-0.4, -0.2) is 136 Å². The van der Waals surface area contributed by atoms with Crippen molar-refractivity contribution in [3.05, 3.63) is 0 Å². The number of hydrogen-bond acceptors (Lipinski definition) is 16. The number of hydrogen-bond donors (Lipinski definition) is 14. The molecular weight excluding hydrogens is 837 g/mol. The zero-order chi connectivity index (χ0) is 46.4. The van der Waals surface area contributed by atoms with Gasteiger partial charge < -0.3 is 77.8 Å². The summed E-state index contributed by atoms with van der Waals surface area (Å²) in [5.74, 6) is -0.782. The molecule has 0 aliphatic carbocycles. The molecule has 0 unspecified atom stereocenters. The van der Waals surface area contributed by atoms with Crippen molar-refractivity contribution < 1.29 is 28.8 Å². The van der Waals surface area contributed by atoms with Gasteiger partial charge in [0.05, 0.1) is 24.2 Å². The van der Waals surface area contributed by atoms with Crippen molar-refractivity contribution in [3.8, 4) is 0 Å². The van der Waals surface area contributed by atoms with E-state index < -0.39 is 48.1 Å². The minimum Gasteiger partial charge on any atom is -0.355 e. The van der Waals surface area contributed by atoms with E-state index >= 15 is 0 Å². The van der Waals surface area contributed by atoms with E-state index in [0.29, 0.717) is 141 Å². The second kappa shape index (κ2) is 39.8. The third-order valence-corrected chi connectivity index (χ3v) is 12.4. The summed E-state index contributed by atoms with van der Waals surface area (Å²) in [5.41, 5.74) is 46.3. The Morgan fingerprint density at radius 3 is 0.919 bits per heavy atom. The molecule has 0 aliphatic rings. The molecule has 0 saturated carbocycles. The lowest BCUT2D eigenvalue weighted by molar-refractivity contribution is -0.129. The second-order valence-corrected chi connectivity index (χ2v) is 18.2. The molecule has 0 aromatic carbocycles. The average molecular weight is 921 g/mol. The van der Waals surface area contributed by atoms with Gasteiger partial charge in [0.25, 0.3) is 0 Å². The molecule has 0 spiro atoms. The van der Waals surface area contributed by atoms with Crippen molar-refractivity contribution >= 4 is 57.0 Å². The molecule has 0 fully saturated rings. The van der Waals surface area contributed by atoms with Gasteiger partial charge >= 0.3 is 0 Å². The fraction of sp³-hybridized carbons (Fsp3) is 0.850. The quantitative estimate of drug-likeness (QED) is 0.0232. The van der Waals surface area contributed by atoms with E-state index in [-0.39, 0.29) is 23.6 Å². The van der Waals surface area contributed by atoms with Crippen LogP contribution in [0.2, 0.25) is 0 Å². The van der Waals surface area contributed by atoms with Crippen LogP contribution in [0, 0.1) is 0 Å². The second-order valence-electron chi connectivity index (χ2n) is 15.5. The third kappa shape index (κ3) is 31.1. The number of amides is 6. The van der Waals surface area contributed by atoms with Crippen LogP contribution in [-0.2, 0) is 28.8 Å². The molecule has 0 rings (SSSR count). The van der Waals surface area contributed by atoms with E-state index in [1.807, 2.05) is 0 Å². The predicted molar refractivity (Wildman–Crippen MR) is 252 cm³/mol. The molecule has 6 atom stereocenters. The van der Waals surface area contributed by atoms with Gasteiger partial charge in [-0.2, -0.15) is 0 Å². The van der Waals surface area contributed by atoms with Gasteiger partial charge in [-0.1, -0.05) is 47.3 Å². The zero-order valence-corrected chi connectivity index (χ0v) is 38.8. The Bertz CT molecular complexity index is 1140. The molecular formula is C40H84N14O6S2. The third-order valence-electron chi connectivity index (χ3n) is 9.98. The van der Waals surface area contributed by atoms with Gasteiger partial charge in [-0.05, 0) is 116 Å². The van der Waals surface area contributed by atoms with E-state index in [2.05, 4.69) is 31.9 Å². The molecule has 0 bridgehead atoms. The molecule has 6 amide bonds. The summed E-state index contributed by atoms with van der Waals surface area (Å²) in [6.07, 6.45) is 11.1. The first-order valence-electron chi connectivity index (χ1n) is 22.6. The summed E-state index contributed by atoms with van der Waals surface area (Å²) in [4.78, 5) is 76.7. The van der Waals surface area contributed by atoms with Crippen LogP contribution in [0.15, 0.2) is 0 Å². The molecule has 0 heterocycles. The monoisotopic (exact) mass is 921 g/mol. The van der Waals surface area contributed by atoms with Crippen molar-refractivity contribution in [2.45, 2.75) is 152 Å². The normalized spacial score (nSPS) is 14.1. The van der Waals surface area contributed by atoms with Crippen molar-refractivity contribution in [3.63, 3.8) is 0 Å². The summed E-state index contributed by atoms with van der Waals surface area (Å²) >= 11 is 0. The number of nitrogens with one attached hydrogen (secondary N) is 6. The number of nitrogens with two attached hydrogens (primary N) is 8. The largest absolute Gasteiger partial charge is 0.355 e. The highest BCUT2D eigenvalue weighted by Gasteiger charge is 2.25. The lowest BCUT2D eigenvalue weighted by Gasteiger charge is -2.21. The molecule has 0 aromatic heterocycles. The Kier molecular flexibility index (Phi) is 38.0. The maximum atomic E-state index is 13.2. The lowest BCUT2D eigenvalue weighted by atomic mass is 10.1. The van der Waals surface area contributed by atoms with Crippen LogP contribution >= 0.6 is 21.6 Å². The van der Waals surface area contributed by atoms with Gasteiger partial charge in [0.2, 0.25) is 35.4 Å². The summed E-state index contributed by atoms with van der Waals surface area (Å²) in [7, 11) is 3.04. The number of rotatable bonds is 41. The zero-order valence-electron chi connectivity index (χ0n) is 37.1. The van der Waals surface area contributed by atoms with Gasteiger partial charge in [-0.15, -0.1) is 0 Å². The average Bonchev–Trinajstić information content (AvgIpc) is 3.25. The number of carbonyl (C=O) groups is 6. The highest BCUT2D eigenvalue weighted by Crippen LogP contribution is 2.19. The van der Waals surface area contributed by atoms with Gasteiger partial charge in [-0.25, -0.2) is 0 Å². The van der Waals surface area contributed by atoms with Crippen LogP contribution < -0.4 is 77.8 Å². The standard InChI is InChI=1S/C40H84N14O6S2/c41-19-7-1-13-29(45)35(55)49-23-11-5-17-33(53-37(57)31(47)15-3-9-21-43)39(59)51-25-27-61-62-28-26-52-40(60)34(54-38(58)32(48)16-4-10-22-44)18-6-12-24-50-36(56)30(46)14-2-8-20-42/h29-34H,1-28,41-48H2,(H,49,55)(H,50,56)(H,51,59)(H,52,60)(H,53,57)(H,54,58)/t29-,30-,31-,32-,33-,34-/m0/s1. The van der Waals surface area contributed by atoms with Crippen LogP contribution in [0.3, 0.4) is 0 Å². The summed E-state index contributed by atoms with van der Waals surface area (Å²) in [6.45, 7) is 3.59. The molecule has 0 aromatic rings. The summed E-state index contributed by atoms with van der Waals surface area (Å²) in [6, 6.07) is -4.32. The summed E-state index contributed by atoms with van der Waals surface area (Å²) < 4.78 is 0. The van der Waals surface area contributed by atoms with Crippen LogP contribution in [0.1, 0.15) is 116 Å². The van der Waals surface area contributed by atoms with E-state index in [4.69, 9.17) is 45.9 Å². The highest BCUT2D eigenvalue weighted by molar-refractivity contribution is 8.76. The van der Waals surface area contributed by atoms with Crippen molar-refractivity contribution in [1.82, 2.24) is 31.9 Å². The topological polar surface area (TPSA) is 383 Å². The van der Waals surface area contributed by atoms with Crippen LogP contribution in [0.25, 0.3) is 0 Å². The molecule has 0 radical (unpaired) electrons. The van der Waals surface area contributed by atoms with Gasteiger partial charge in [-0.3, -0.25) is 28.8 Å². The van der Waals surface area contributed by atoms with Crippen molar-refractivity contribution in [2.75, 3.05) is 63.9 Å². The Morgan fingerprint density at radius 1 is 0.339 bits per heavy atom. The molecule has 62 heavy (non-hydrogen) atoms. The molecule has 362 valence electrons. The minimum absolute atomic E-state index is 0.226. The van der Waals surface area contributed by atoms with Gasteiger partial charge in [0.1, 0.15) is 12.1 Å². The Morgan fingerprint density at radius 2 is 0.613 bits per heavy atom. The fourth-order valence-electron chi connectivity index (χ4n) is 6.08. The van der Waals surface area contributed by atoms with Crippen LogP contribution in [0.4, 0.5) is 0 Å². The first-order valence-corrected chi connectivity index (χ1v) is 25.1. The van der Waals surface area contributed by atoms with Crippen LogP contribution in [0.5, 0.6) is 0 Å². The highest BCUT2D eigenvalue weighted by atomic mass is 33.1. The maximum Gasteiger partial charge on any atom is 0.242 e. The molecule has 22 N–H and O–H groups in total. The van der Waals surface area contributed by atoms with Crippen molar-refractivity contribution in [1.29, 1.82) is 0 Å². The molecule has 0 aliphatic heterocycles. The minimum atomic E-state index is -0.798. The van der Waals surface area contributed by atoms with Gasteiger partial charge in [0.15, 0.2) is 0 Å². The van der Waals surface area contributed by atoms with E-state index in [0.717, 1.165) is 38.5 Å². The first-order chi connectivity index (χ1) is 29.8.